The van der Waals surface area contributed by atoms with E-state index in [-0.39, 0.29) is 24.8 Å². The molecule has 2 unspecified atom stereocenters. The lowest BCUT2D eigenvalue weighted by Gasteiger charge is -2.36. The first kappa shape index (κ1) is 16.7. The van der Waals surface area contributed by atoms with Gasteiger partial charge in [-0.2, -0.15) is 0 Å². The van der Waals surface area contributed by atoms with Crippen molar-refractivity contribution < 1.29 is 19.2 Å². The minimum atomic E-state index is -0.937. The fourth-order valence-electron chi connectivity index (χ4n) is 3.94. The minimum absolute atomic E-state index is 0.117. The Hall–Kier alpha value is -2.74. The number of hydrogen-bond donors (Lipinski definition) is 2. The van der Waals surface area contributed by atoms with E-state index in [1.165, 1.54) is 0 Å². The van der Waals surface area contributed by atoms with Gasteiger partial charge in [0.05, 0.1) is 16.8 Å². The number of nitrogens with zero attached hydrogens (tertiary/aromatic N) is 2. The largest absolute Gasteiger partial charge is 0.366 e. The summed E-state index contributed by atoms with van der Waals surface area (Å²) in [7, 11) is 0. The maximum Gasteiger partial charge on any atom is 0.264 e. The zero-order chi connectivity index (χ0) is 18.4. The second-order valence-electron chi connectivity index (χ2n) is 6.89. The van der Waals surface area contributed by atoms with Crippen LogP contribution in [-0.2, 0) is 9.59 Å². The van der Waals surface area contributed by atoms with Crippen LogP contribution in [0.3, 0.4) is 0 Å². The fraction of sp³-hybridized carbons (Fsp3) is 0.444. The predicted molar refractivity (Wildman–Crippen MR) is 92.8 cm³/mol. The number of hydrogen-bond acceptors (Lipinski definition) is 6. The van der Waals surface area contributed by atoms with E-state index in [1.807, 2.05) is 6.07 Å². The Kier molecular flexibility index (Phi) is 3.99. The minimum Gasteiger partial charge on any atom is -0.366 e. The van der Waals surface area contributed by atoms with Crippen LogP contribution in [0.5, 0.6) is 0 Å². The molecule has 0 bridgehead atoms. The van der Waals surface area contributed by atoms with Gasteiger partial charge in [0.2, 0.25) is 11.8 Å². The smallest absolute Gasteiger partial charge is 0.264 e. The Morgan fingerprint density at radius 3 is 2.65 bits per heavy atom. The summed E-state index contributed by atoms with van der Waals surface area (Å²) in [5, 5.41) is 5.52. The molecule has 2 saturated heterocycles. The van der Waals surface area contributed by atoms with Gasteiger partial charge in [0.1, 0.15) is 6.04 Å². The predicted octanol–water partition coefficient (Wildman–Crippen LogP) is -0.114. The van der Waals surface area contributed by atoms with Crippen LogP contribution >= 0.6 is 0 Å². The molecule has 1 aromatic carbocycles. The van der Waals surface area contributed by atoms with Gasteiger partial charge in [0.15, 0.2) is 0 Å². The number of benzene rings is 1. The molecule has 8 nitrogen and oxygen atoms in total. The van der Waals surface area contributed by atoms with Gasteiger partial charge >= 0.3 is 0 Å². The summed E-state index contributed by atoms with van der Waals surface area (Å²) >= 11 is 0. The third-order valence-corrected chi connectivity index (χ3v) is 5.26. The summed E-state index contributed by atoms with van der Waals surface area (Å²) in [5.41, 5.74) is 1.41. The van der Waals surface area contributed by atoms with Gasteiger partial charge in [-0.05, 0) is 25.5 Å². The lowest BCUT2D eigenvalue weighted by atomic mass is 10.0. The first-order valence-corrected chi connectivity index (χ1v) is 8.81. The molecule has 0 radical (unpaired) electrons. The molecule has 8 heteroatoms. The topological polar surface area (TPSA) is 98.8 Å². The van der Waals surface area contributed by atoms with Gasteiger partial charge in [-0.25, -0.2) is 0 Å². The summed E-state index contributed by atoms with van der Waals surface area (Å²) in [6.07, 6.45) is 0.279. The highest BCUT2D eigenvalue weighted by molar-refractivity contribution is 6.25. The Morgan fingerprint density at radius 2 is 1.92 bits per heavy atom. The Bertz CT molecular complexity index is 821. The van der Waals surface area contributed by atoms with Crippen LogP contribution in [0.2, 0.25) is 0 Å². The van der Waals surface area contributed by atoms with E-state index >= 15 is 0 Å². The van der Waals surface area contributed by atoms with E-state index in [9.17, 15) is 19.2 Å². The number of piperidine rings is 1. The summed E-state index contributed by atoms with van der Waals surface area (Å²) in [5.74, 6) is -1.89. The zero-order valence-corrected chi connectivity index (χ0v) is 14.4. The van der Waals surface area contributed by atoms with Gasteiger partial charge in [-0.1, -0.05) is 6.07 Å². The average Bonchev–Trinajstić information content (AvgIpc) is 2.87. The van der Waals surface area contributed by atoms with E-state index in [0.29, 0.717) is 11.1 Å². The molecule has 0 saturated carbocycles. The number of carbonyl (C=O) groups is 4. The Morgan fingerprint density at radius 1 is 1.12 bits per heavy atom. The number of fused-ring (bicyclic) bond motifs is 1. The first-order valence-electron chi connectivity index (χ1n) is 8.81. The maximum absolute atomic E-state index is 13.1. The van der Waals surface area contributed by atoms with Crippen LogP contribution in [0, 0.1) is 0 Å². The van der Waals surface area contributed by atoms with Gasteiger partial charge in [-0.15, -0.1) is 0 Å². The molecule has 136 valence electrons. The summed E-state index contributed by atoms with van der Waals surface area (Å²) in [6.45, 7) is 4.39. The maximum atomic E-state index is 13.1. The first-order chi connectivity index (χ1) is 12.5. The monoisotopic (exact) mass is 356 g/mol. The Labute approximate surface area is 150 Å². The normalized spacial score (nSPS) is 26.2. The van der Waals surface area contributed by atoms with Crippen molar-refractivity contribution in [2.45, 2.75) is 31.8 Å². The van der Waals surface area contributed by atoms with E-state index in [2.05, 4.69) is 22.5 Å². The standard InChI is InChI=1S/C18H20N4O4/c1-10-9-19-7-8-21(10)12-4-2-3-11-15(12)18(26)22(17(11)25)13-5-6-14(23)20-16(13)24/h2-4,10,13,19H,5-9H2,1H3,(H,20,23,24). The highest BCUT2D eigenvalue weighted by atomic mass is 16.2. The molecular formula is C18H20N4O4. The quantitative estimate of drug-likeness (QED) is 0.717. The third kappa shape index (κ3) is 2.48. The van der Waals surface area contributed by atoms with Crippen molar-refractivity contribution in [3.8, 4) is 0 Å². The number of anilines is 1. The van der Waals surface area contributed by atoms with Gasteiger partial charge in [0, 0.05) is 32.1 Å². The highest BCUT2D eigenvalue weighted by Crippen LogP contribution is 2.35. The molecule has 2 N–H and O–H groups in total. The molecule has 2 fully saturated rings. The van der Waals surface area contributed by atoms with Crippen molar-refractivity contribution in [3.05, 3.63) is 29.3 Å². The lowest BCUT2D eigenvalue weighted by molar-refractivity contribution is -0.136. The van der Waals surface area contributed by atoms with E-state index in [0.717, 1.165) is 30.2 Å². The molecular weight excluding hydrogens is 336 g/mol. The van der Waals surface area contributed by atoms with E-state index in [1.54, 1.807) is 12.1 Å². The number of piperazine rings is 1. The number of rotatable bonds is 2. The van der Waals surface area contributed by atoms with Crippen LogP contribution in [0.15, 0.2) is 18.2 Å². The van der Waals surface area contributed by atoms with Gasteiger partial charge in [-0.3, -0.25) is 29.4 Å². The average molecular weight is 356 g/mol. The van der Waals surface area contributed by atoms with Crippen LogP contribution in [-0.4, -0.2) is 60.2 Å². The number of amides is 4. The molecule has 3 heterocycles. The molecule has 0 aromatic heterocycles. The van der Waals surface area contributed by atoms with Crippen LogP contribution in [0.1, 0.15) is 40.5 Å². The fourth-order valence-corrected chi connectivity index (χ4v) is 3.94. The molecule has 4 rings (SSSR count). The van der Waals surface area contributed by atoms with Crippen LogP contribution < -0.4 is 15.5 Å². The number of carbonyl (C=O) groups excluding carboxylic acids is 4. The zero-order valence-electron chi connectivity index (χ0n) is 14.4. The third-order valence-electron chi connectivity index (χ3n) is 5.26. The van der Waals surface area contributed by atoms with Crippen molar-refractivity contribution in [2.24, 2.45) is 0 Å². The molecule has 0 aliphatic carbocycles. The number of nitrogens with one attached hydrogen (secondary N) is 2. The van der Waals surface area contributed by atoms with Crippen molar-refractivity contribution in [1.82, 2.24) is 15.5 Å². The van der Waals surface area contributed by atoms with E-state index in [4.69, 9.17) is 0 Å². The molecule has 4 amide bonds. The Balaban J connectivity index is 1.72. The molecule has 0 spiro atoms. The second-order valence-corrected chi connectivity index (χ2v) is 6.89. The highest BCUT2D eigenvalue weighted by Gasteiger charge is 2.46. The molecule has 2 atom stereocenters. The molecule has 26 heavy (non-hydrogen) atoms. The van der Waals surface area contributed by atoms with Crippen molar-refractivity contribution in [1.29, 1.82) is 0 Å². The SMILES string of the molecule is CC1CNCCN1c1cccc2c1C(=O)N(C1CCC(=O)NC1=O)C2=O. The van der Waals surface area contributed by atoms with Crippen LogP contribution in [0.4, 0.5) is 5.69 Å². The lowest BCUT2D eigenvalue weighted by Crippen LogP contribution is -2.54. The van der Waals surface area contributed by atoms with Crippen molar-refractivity contribution >= 4 is 29.3 Å². The van der Waals surface area contributed by atoms with E-state index < -0.39 is 23.8 Å². The molecule has 3 aliphatic heterocycles. The second kappa shape index (κ2) is 6.21. The van der Waals surface area contributed by atoms with Crippen LogP contribution in [0.25, 0.3) is 0 Å². The number of imide groups is 2. The summed E-state index contributed by atoms with van der Waals surface area (Å²) < 4.78 is 0. The summed E-state index contributed by atoms with van der Waals surface area (Å²) in [4.78, 5) is 52.7. The molecule has 3 aliphatic rings. The summed E-state index contributed by atoms with van der Waals surface area (Å²) in [6, 6.07) is 4.48. The van der Waals surface area contributed by atoms with Crippen molar-refractivity contribution in [2.75, 3.05) is 24.5 Å². The van der Waals surface area contributed by atoms with Crippen molar-refractivity contribution in [3.63, 3.8) is 0 Å². The van der Waals surface area contributed by atoms with Gasteiger partial charge < -0.3 is 10.2 Å². The van der Waals surface area contributed by atoms with Gasteiger partial charge in [0.25, 0.3) is 11.8 Å². The molecule has 1 aromatic rings.